The van der Waals surface area contributed by atoms with Crippen molar-refractivity contribution in [1.82, 2.24) is 0 Å². The largest absolute Gasteiger partial charge is 0.504 e. The third kappa shape index (κ3) is 42.7. The summed E-state index contributed by atoms with van der Waals surface area (Å²) < 4.78 is 5.41. The highest BCUT2D eigenvalue weighted by Gasteiger charge is 2.01. The molecule has 0 aliphatic carbocycles. The summed E-state index contributed by atoms with van der Waals surface area (Å²) in [5.41, 5.74) is 1.53. The first-order chi connectivity index (χ1) is 24.8. The first kappa shape index (κ1) is 48.5. The van der Waals surface area contributed by atoms with Gasteiger partial charge in [0, 0.05) is 0 Å². The molecule has 0 unspecified atom stereocenters. The van der Waals surface area contributed by atoms with Crippen molar-refractivity contribution in [1.29, 1.82) is 0 Å². The maximum atomic E-state index is 5.41. The predicted octanol–water partition coefficient (Wildman–Crippen LogP) is 17.8. The molecule has 0 aromatic rings. The first-order valence-electron chi connectivity index (χ1n) is 22.7. The van der Waals surface area contributed by atoms with E-state index in [1.54, 1.807) is 0 Å². The van der Waals surface area contributed by atoms with Gasteiger partial charge < -0.3 is 4.74 Å². The third-order valence-electron chi connectivity index (χ3n) is 10.2. The van der Waals surface area contributed by atoms with Crippen molar-refractivity contribution < 1.29 is 4.74 Å². The number of methoxy groups -OCH3 is 1. The molecule has 0 aromatic heterocycles. The molecule has 0 aromatic carbocycles. The van der Waals surface area contributed by atoms with Crippen molar-refractivity contribution in [3.8, 4) is 0 Å². The molecule has 0 radical (unpaired) electrons. The van der Waals surface area contributed by atoms with Crippen molar-refractivity contribution in [2.24, 2.45) is 0 Å². The van der Waals surface area contributed by atoms with Gasteiger partial charge in [-0.25, -0.2) is 0 Å². The molecule has 0 aliphatic rings. The van der Waals surface area contributed by atoms with E-state index in [0.717, 1.165) is 12.8 Å². The standard InChI is InChI=1S/C49H90O/c1-4-6-8-10-12-14-16-18-20-22-23-24-25-26-27-28-29-30-31-33-35-37-39-41-43-45-47-49(48-50-3)46-44-42-40-38-36-34-32-21-19-17-15-13-11-9-7-5-2/h13,15,19,21,27-28,30-31,48H,4-12,14,16-18,20,22-26,29,32-47H2,1-3H3/b15-13-,21-19-,28-27-,31-30-,49-48?. The monoisotopic (exact) mass is 695 g/mol. The van der Waals surface area contributed by atoms with Gasteiger partial charge in [0.25, 0.3) is 0 Å². The van der Waals surface area contributed by atoms with Crippen molar-refractivity contribution in [3.63, 3.8) is 0 Å². The molecule has 1 nitrogen and oxygen atoms in total. The van der Waals surface area contributed by atoms with E-state index in [4.69, 9.17) is 4.74 Å². The molecule has 0 rings (SSSR count). The molecule has 0 amide bonds. The maximum absolute atomic E-state index is 5.41. The Morgan fingerprint density at radius 2 is 0.580 bits per heavy atom. The van der Waals surface area contributed by atoms with Gasteiger partial charge in [-0.1, -0.05) is 204 Å². The number of rotatable bonds is 41. The van der Waals surface area contributed by atoms with E-state index in [-0.39, 0.29) is 0 Å². The van der Waals surface area contributed by atoms with E-state index in [2.05, 4.69) is 62.5 Å². The molecule has 1 heteroatoms. The van der Waals surface area contributed by atoms with Crippen LogP contribution in [0.4, 0.5) is 0 Å². The number of allylic oxidation sites excluding steroid dienone is 9. The maximum Gasteiger partial charge on any atom is 0.0816 e. The van der Waals surface area contributed by atoms with E-state index in [9.17, 15) is 0 Å². The highest BCUT2D eigenvalue weighted by atomic mass is 16.5. The number of hydrogen-bond acceptors (Lipinski definition) is 1. The lowest BCUT2D eigenvalue weighted by molar-refractivity contribution is 0.330. The number of unbranched alkanes of at least 4 members (excludes halogenated alkanes) is 28. The Hall–Kier alpha value is -1.50. The van der Waals surface area contributed by atoms with Crippen LogP contribution in [-0.4, -0.2) is 7.11 Å². The number of hydrogen-bond donors (Lipinski definition) is 0. The van der Waals surface area contributed by atoms with Gasteiger partial charge in [-0.15, -0.1) is 0 Å². The summed E-state index contributed by atoms with van der Waals surface area (Å²) in [4.78, 5) is 0. The van der Waals surface area contributed by atoms with Gasteiger partial charge in [-0.2, -0.15) is 0 Å². The summed E-state index contributed by atoms with van der Waals surface area (Å²) in [5.74, 6) is 0. The Morgan fingerprint density at radius 1 is 0.320 bits per heavy atom. The lowest BCUT2D eigenvalue weighted by Gasteiger charge is -2.08. The first-order valence-corrected chi connectivity index (χ1v) is 22.7. The van der Waals surface area contributed by atoms with Gasteiger partial charge in [0.15, 0.2) is 0 Å². The Labute approximate surface area is 316 Å². The van der Waals surface area contributed by atoms with Crippen molar-refractivity contribution in [2.75, 3.05) is 7.11 Å². The average Bonchev–Trinajstić information content (AvgIpc) is 3.12. The second-order valence-corrected chi connectivity index (χ2v) is 15.2. The van der Waals surface area contributed by atoms with E-state index < -0.39 is 0 Å². The van der Waals surface area contributed by atoms with Crippen molar-refractivity contribution >= 4 is 0 Å². The lowest BCUT2D eigenvalue weighted by atomic mass is 10.00. The highest BCUT2D eigenvalue weighted by Crippen LogP contribution is 2.19. The van der Waals surface area contributed by atoms with Gasteiger partial charge in [0.2, 0.25) is 0 Å². The van der Waals surface area contributed by atoms with E-state index in [0.29, 0.717) is 0 Å². The summed E-state index contributed by atoms with van der Waals surface area (Å²) in [6.07, 6.45) is 69.8. The third-order valence-corrected chi connectivity index (χ3v) is 10.2. The van der Waals surface area contributed by atoms with Crippen LogP contribution in [0.5, 0.6) is 0 Å². The molecule has 50 heavy (non-hydrogen) atoms. The molecule has 0 fully saturated rings. The second-order valence-electron chi connectivity index (χ2n) is 15.2. The molecule has 0 saturated carbocycles. The van der Waals surface area contributed by atoms with Crippen molar-refractivity contribution in [3.05, 3.63) is 60.4 Å². The zero-order chi connectivity index (χ0) is 36.1. The summed E-state index contributed by atoms with van der Waals surface area (Å²) in [6, 6.07) is 0. The Balaban J connectivity index is 3.47. The van der Waals surface area contributed by atoms with Crippen LogP contribution in [0.1, 0.15) is 245 Å². The fourth-order valence-electron chi connectivity index (χ4n) is 6.86. The molecule has 0 bridgehead atoms. The summed E-state index contributed by atoms with van der Waals surface area (Å²) in [6.45, 7) is 4.57. The van der Waals surface area contributed by atoms with Gasteiger partial charge in [0.1, 0.15) is 0 Å². The summed E-state index contributed by atoms with van der Waals surface area (Å²) in [7, 11) is 1.81. The predicted molar refractivity (Wildman–Crippen MR) is 229 cm³/mol. The van der Waals surface area contributed by atoms with Crippen LogP contribution in [-0.2, 0) is 4.74 Å². The smallest absolute Gasteiger partial charge is 0.0816 e. The van der Waals surface area contributed by atoms with Crippen LogP contribution in [0.3, 0.4) is 0 Å². The second kappa shape index (κ2) is 45.5. The Morgan fingerprint density at radius 3 is 0.900 bits per heavy atom. The molecule has 0 atom stereocenters. The minimum atomic E-state index is 1.11. The molecule has 292 valence electrons. The van der Waals surface area contributed by atoms with Gasteiger partial charge in [-0.05, 0) is 95.5 Å². The zero-order valence-corrected chi connectivity index (χ0v) is 34.6. The molecule has 0 aliphatic heterocycles. The van der Waals surface area contributed by atoms with Crippen LogP contribution in [0.15, 0.2) is 60.4 Å². The van der Waals surface area contributed by atoms with Crippen LogP contribution in [0, 0.1) is 0 Å². The highest BCUT2D eigenvalue weighted by molar-refractivity contribution is 4.98. The average molecular weight is 695 g/mol. The molecule has 0 saturated heterocycles. The molecule has 0 heterocycles. The zero-order valence-electron chi connectivity index (χ0n) is 34.6. The SMILES string of the molecule is CCCCC/C=C\C/C=C\CCCCCCCCC(=COC)CCCCCCCC/C=C\C/C=C\CCCCCCCCCCCCCCC. The minimum absolute atomic E-state index is 1.11. The van der Waals surface area contributed by atoms with Crippen molar-refractivity contribution in [2.45, 2.75) is 245 Å². The quantitative estimate of drug-likeness (QED) is 0.0352. The van der Waals surface area contributed by atoms with E-state index in [1.165, 1.54) is 224 Å². The number of ether oxygens (including phenoxy) is 1. The topological polar surface area (TPSA) is 9.23 Å². The molecular formula is C49H90O. The van der Waals surface area contributed by atoms with E-state index >= 15 is 0 Å². The molecular weight excluding hydrogens is 605 g/mol. The molecule has 0 N–H and O–H groups in total. The Bertz CT molecular complexity index is 768. The van der Waals surface area contributed by atoms with Gasteiger partial charge in [0.05, 0.1) is 13.4 Å². The van der Waals surface area contributed by atoms with Gasteiger partial charge >= 0.3 is 0 Å². The van der Waals surface area contributed by atoms with Crippen LogP contribution in [0.25, 0.3) is 0 Å². The summed E-state index contributed by atoms with van der Waals surface area (Å²) in [5, 5.41) is 0. The van der Waals surface area contributed by atoms with Crippen LogP contribution in [0.2, 0.25) is 0 Å². The fraction of sp³-hybridized carbons (Fsp3) is 0.796. The normalized spacial score (nSPS) is 12.6. The Kier molecular flexibility index (Phi) is 44.2. The minimum Gasteiger partial charge on any atom is -0.504 e. The fourth-order valence-corrected chi connectivity index (χ4v) is 6.86. The van der Waals surface area contributed by atoms with E-state index in [1.807, 2.05) is 13.4 Å². The lowest BCUT2D eigenvalue weighted by Crippen LogP contribution is -1.89. The molecule has 0 spiro atoms. The van der Waals surface area contributed by atoms with Crippen LogP contribution >= 0.6 is 0 Å². The summed E-state index contributed by atoms with van der Waals surface area (Å²) >= 11 is 0. The van der Waals surface area contributed by atoms with Gasteiger partial charge in [-0.3, -0.25) is 0 Å². The van der Waals surface area contributed by atoms with Crippen LogP contribution < -0.4 is 0 Å².